The van der Waals surface area contributed by atoms with Gasteiger partial charge in [0.15, 0.2) is 0 Å². The lowest BCUT2D eigenvalue weighted by molar-refractivity contribution is 0.0641. The number of hydrazine groups is 1. The molecule has 0 bridgehead atoms. The van der Waals surface area contributed by atoms with Crippen LogP contribution in [-0.4, -0.2) is 43.5 Å². The minimum absolute atomic E-state index is 0.543. The van der Waals surface area contributed by atoms with E-state index >= 15 is 0 Å². The summed E-state index contributed by atoms with van der Waals surface area (Å²) < 4.78 is 15.8. The van der Waals surface area contributed by atoms with E-state index in [-0.39, 0.29) is 0 Å². The number of methoxy groups -OCH3 is 1. The summed E-state index contributed by atoms with van der Waals surface area (Å²) in [6.45, 7) is 4.39. The largest absolute Gasteiger partial charge is 0.477 e. The number of nitrogens with two attached hydrogens (primary N) is 1. The normalized spacial score (nSPS) is 10.5. The lowest BCUT2D eigenvalue weighted by atomic mass is 10.2. The summed E-state index contributed by atoms with van der Waals surface area (Å²) >= 11 is 0. The zero-order valence-electron chi connectivity index (χ0n) is 11.5. The third-order valence-corrected chi connectivity index (χ3v) is 2.50. The summed E-state index contributed by atoms with van der Waals surface area (Å²) in [4.78, 5) is 8.16. The molecular weight excluding hydrogens is 248 g/mol. The molecule has 108 valence electrons. The fourth-order valence-electron chi connectivity index (χ4n) is 1.54. The minimum atomic E-state index is 0.543. The molecule has 0 atom stereocenters. The molecule has 0 saturated carbocycles. The molecule has 1 aromatic rings. The maximum absolute atomic E-state index is 5.62. The topological polar surface area (TPSA) is 91.5 Å². The van der Waals surface area contributed by atoms with Gasteiger partial charge in [0, 0.05) is 20.1 Å². The van der Waals surface area contributed by atoms with Crippen LogP contribution in [0.25, 0.3) is 0 Å². The van der Waals surface area contributed by atoms with Gasteiger partial charge in [-0.1, -0.05) is 6.92 Å². The average molecular weight is 270 g/mol. The van der Waals surface area contributed by atoms with E-state index in [1.54, 1.807) is 7.11 Å². The maximum atomic E-state index is 5.62. The summed E-state index contributed by atoms with van der Waals surface area (Å²) in [5.74, 6) is 6.56. The molecule has 0 aliphatic rings. The fourth-order valence-corrected chi connectivity index (χ4v) is 1.54. The second kappa shape index (κ2) is 9.48. The van der Waals surface area contributed by atoms with Crippen molar-refractivity contribution in [3.63, 3.8) is 0 Å². The van der Waals surface area contributed by atoms with Crippen molar-refractivity contribution < 1.29 is 14.2 Å². The number of anilines is 1. The van der Waals surface area contributed by atoms with Gasteiger partial charge in [-0.3, -0.25) is 0 Å². The van der Waals surface area contributed by atoms with Crippen molar-refractivity contribution in [2.45, 2.75) is 19.8 Å². The predicted octanol–water partition coefficient (Wildman–Crippen LogP) is 0.756. The Kier molecular flexibility index (Phi) is 7.80. The average Bonchev–Trinajstić information content (AvgIpc) is 2.45. The van der Waals surface area contributed by atoms with Gasteiger partial charge in [0.1, 0.15) is 12.1 Å². The Morgan fingerprint density at radius 1 is 1.21 bits per heavy atom. The highest BCUT2D eigenvalue weighted by Crippen LogP contribution is 2.21. The third-order valence-electron chi connectivity index (χ3n) is 2.50. The fraction of sp³-hybridized carbons (Fsp3) is 0.667. The standard InChI is InChI=1S/C12H22N4O3/c1-3-10-11(16-13)14-9-15-12(10)19-6-4-5-18-8-7-17-2/h9H,3-8,13H2,1-2H3,(H,14,15,16). The number of aromatic nitrogens is 2. The SMILES string of the molecule is CCc1c(NN)ncnc1OCCCOCCOC. The molecule has 0 aromatic carbocycles. The van der Waals surface area contributed by atoms with Gasteiger partial charge in [0.05, 0.1) is 25.4 Å². The number of hydrogen-bond acceptors (Lipinski definition) is 7. The van der Waals surface area contributed by atoms with E-state index in [0.29, 0.717) is 38.1 Å². The summed E-state index contributed by atoms with van der Waals surface area (Å²) in [5, 5.41) is 0. The minimum Gasteiger partial charge on any atom is -0.477 e. The van der Waals surface area contributed by atoms with Crippen molar-refractivity contribution in [2.24, 2.45) is 5.84 Å². The van der Waals surface area contributed by atoms with Crippen LogP contribution >= 0.6 is 0 Å². The van der Waals surface area contributed by atoms with E-state index in [0.717, 1.165) is 18.4 Å². The Bertz CT molecular complexity index is 363. The molecule has 1 aromatic heterocycles. The van der Waals surface area contributed by atoms with Gasteiger partial charge in [-0.25, -0.2) is 15.8 Å². The lowest BCUT2D eigenvalue weighted by Crippen LogP contribution is -2.13. The van der Waals surface area contributed by atoms with Crippen molar-refractivity contribution >= 4 is 5.82 Å². The Balaban J connectivity index is 2.33. The summed E-state index contributed by atoms with van der Waals surface area (Å²) in [6, 6.07) is 0. The van der Waals surface area contributed by atoms with Gasteiger partial charge in [0.2, 0.25) is 5.88 Å². The first-order valence-corrected chi connectivity index (χ1v) is 6.33. The molecule has 0 amide bonds. The van der Waals surface area contributed by atoms with Crippen LogP contribution in [0, 0.1) is 0 Å². The lowest BCUT2D eigenvalue weighted by Gasteiger charge is -2.11. The van der Waals surface area contributed by atoms with Crippen LogP contribution in [0.2, 0.25) is 0 Å². The van der Waals surface area contributed by atoms with Gasteiger partial charge >= 0.3 is 0 Å². The number of nitrogens with one attached hydrogen (secondary N) is 1. The number of nitrogens with zero attached hydrogens (tertiary/aromatic N) is 2. The zero-order valence-corrected chi connectivity index (χ0v) is 11.5. The molecule has 0 fully saturated rings. The first-order valence-electron chi connectivity index (χ1n) is 6.33. The van der Waals surface area contributed by atoms with Crippen LogP contribution in [0.15, 0.2) is 6.33 Å². The molecule has 19 heavy (non-hydrogen) atoms. The van der Waals surface area contributed by atoms with Crippen molar-refractivity contribution in [1.82, 2.24) is 9.97 Å². The van der Waals surface area contributed by atoms with Crippen molar-refractivity contribution in [2.75, 3.05) is 39.0 Å². The molecule has 1 heterocycles. The first-order chi connectivity index (χ1) is 9.33. The van der Waals surface area contributed by atoms with Gasteiger partial charge in [0.25, 0.3) is 0 Å². The second-order valence-electron chi connectivity index (χ2n) is 3.81. The number of hydrogen-bond donors (Lipinski definition) is 2. The number of ether oxygens (including phenoxy) is 3. The molecule has 7 heteroatoms. The summed E-state index contributed by atoms with van der Waals surface area (Å²) in [5.41, 5.74) is 3.42. The quantitative estimate of drug-likeness (QED) is 0.368. The monoisotopic (exact) mass is 270 g/mol. The van der Waals surface area contributed by atoms with E-state index in [9.17, 15) is 0 Å². The first kappa shape index (κ1) is 15.6. The van der Waals surface area contributed by atoms with E-state index in [4.69, 9.17) is 20.1 Å². The predicted molar refractivity (Wildman–Crippen MR) is 72.0 cm³/mol. The van der Waals surface area contributed by atoms with Crippen LogP contribution in [0.1, 0.15) is 18.9 Å². The molecule has 0 saturated heterocycles. The zero-order chi connectivity index (χ0) is 13.9. The molecule has 7 nitrogen and oxygen atoms in total. The third kappa shape index (κ3) is 5.37. The molecule has 0 unspecified atom stereocenters. The van der Waals surface area contributed by atoms with Gasteiger partial charge in [-0.15, -0.1) is 0 Å². The number of nitrogen functional groups attached to an aromatic ring is 1. The van der Waals surface area contributed by atoms with Gasteiger partial charge in [-0.2, -0.15) is 0 Å². The van der Waals surface area contributed by atoms with Crippen LogP contribution in [0.4, 0.5) is 5.82 Å². The Labute approximate surface area is 113 Å². The smallest absolute Gasteiger partial charge is 0.221 e. The van der Waals surface area contributed by atoms with Crippen LogP contribution in [-0.2, 0) is 15.9 Å². The highest BCUT2D eigenvalue weighted by atomic mass is 16.5. The molecule has 0 aliphatic heterocycles. The van der Waals surface area contributed by atoms with Crippen LogP contribution in [0.3, 0.4) is 0 Å². The maximum Gasteiger partial charge on any atom is 0.221 e. The van der Waals surface area contributed by atoms with Gasteiger partial charge < -0.3 is 19.6 Å². The van der Waals surface area contributed by atoms with Crippen molar-refractivity contribution in [3.05, 3.63) is 11.9 Å². The van der Waals surface area contributed by atoms with E-state index < -0.39 is 0 Å². The van der Waals surface area contributed by atoms with Crippen molar-refractivity contribution in [3.8, 4) is 5.88 Å². The number of rotatable bonds is 10. The van der Waals surface area contributed by atoms with E-state index in [1.807, 2.05) is 6.92 Å². The second-order valence-corrected chi connectivity index (χ2v) is 3.81. The molecule has 3 N–H and O–H groups in total. The van der Waals surface area contributed by atoms with Crippen LogP contribution < -0.4 is 16.0 Å². The molecule has 1 rings (SSSR count). The highest BCUT2D eigenvalue weighted by molar-refractivity contribution is 5.47. The Morgan fingerprint density at radius 3 is 2.74 bits per heavy atom. The Hall–Kier alpha value is -1.44. The molecule has 0 aliphatic carbocycles. The van der Waals surface area contributed by atoms with Crippen LogP contribution in [0.5, 0.6) is 5.88 Å². The van der Waals surface area contributed by atoms with Crippen molar-refractivity contribution in [1.29, 1.82) is 0 Å². The summed E-state index contributed by atoms with van der Waals surface area (Å²) in [6.07, 6.45) is 2.97. The van der Waals surface area contributed by atoms with E-state index in [2.05, 4.69) is 15.4 Å². The Morgan fingerprint density at radius 2 is 2.05 bits per heavy atom. The molecular formula is C12H22N4O3. The molecule has 0 spiro atoms. The molecule has 0 radical (unpaired) electrons. The van der Waals surface area contributed by atoms with E-state index in [1.165, 1.54) is 6.33 Å². The highest BCUT2D eigenvalue weighted by Gasteiger charge is 2.09. The summed E-state index contributed by atoms with van der Waals surface area (Å²) in [7, 11) is 1.65. The van der Waals surface area contributed by atoms with Gasteiger partial charge in [-0.05, 0) is 6.42 Å².